The summed E-state index contributed by atoms with van der Waals surface area (Å²) in [6, 6.07) is 10.1. The number of halogens is 2. The molecule has 0 saturated heterocycles. The molecule has 0 unspecified atom stereocenters. The van der Waals surface area contributed by atoms with E-state index in [1.165, 1.54) is 12.1 Å². The van der Waals surface area contributed by atoms with E-state index in [-0.39, 0.29) is 5.84 Å². The molecule has 0 atom stereocenters. The lowest BCUT2D eigenvalue weighted by molar-refractivity contribution is 0.318. The molecule has 0 saturated carbocycles. The zero-order chi connectivity index (χ0) is 15.4. The van der Waals surface area contributed by atoms with Crippen molar-refractivity contribution in [2.75, 3.05) is 5.32 Å². The predicted octanol–water partition coefficient (Wildman–Crippen LogP) is 3.60. The van der Waals surface area contributed by atoms with Crippen LogP contribution in [0.15, 0.2) is 46.0 Å². The Morgan fingerprint density at radius 1 is 1.33 bits per heavy atom. The van der Waals surface area contributed by atoms with Gasteiger partial charge in [-0.1, -0.05) is 33.2 Å². The first-order valence-electron chi connectivity index (χ1n) is 6.27. The van der Waals surface area contributed by atoms with E-state index >= 15 is 0 Å². The van der Waals surface area contributed by atoms with Crippen molar-refractivity contribution in [2.45, 2.75) is 13.5 Å². The maximum Gasteiger partial charge on any atom is 0.170 e. The Balaban J connectivity index is 2.21. The molecule has 0 aliphatic carbocycles. The molecule has 4 nitrogen and oxygen atoms in total. The van der Waals surface area contributed by atoms with Gasteiger partial charge in [-0.2, -0.15) is 0 Å². The standard InChI is InChI=1S/C15H15BrFN3O/c1-9-2-5-12(7-14(9)16)19-8-10-3-4-11(17)6-13(10)15(18)20-21/h2-7,19,21H,8H2,1H3,(H2,18,20). The van der Waals surface area contributed by atoms with Gasteiger partial charge in [0.2, 0.25) is 0 Å². The molecule has 2 aromatic carbocycles. The molecule has 2 rings (SSSR count). The van der Waals surface area contributed by atoms with Crippen LogP contribution < -0.4 is 11.1 Å². The van der Waals surface area contributed by atoms with Gasteiger partial charge >= 0.3 is 0 Å². The summed E-state index contributed by atoms with van der Waals surface area (Å²) in [4.78, 5) is 0. The van der Waals surface area contributed by atoms with Crippen molar-refractivity contribution >= 4 is 27.5 Å². The molecule has 0 spiro atoms. The minimum absolute atomic E-state index is 0.114. The third kappa shape index (κ3) is 3.72. The van der Waals surface area contributed by atoms with Crippen LogP contribution in [-0.4, -0.2) is 11.0 Å². The first-order valence-corrected chi connectivity index (χ1v) is 7.07. The number of hydrogen-bond donors (Lipinski definition) is 3. The average Bonchev–Trinajstić information content (AvgIpc) is 2.48. The second-order valence-corrected chi connectivity index (χ2v) is 5.46. The molecule has 2 aromatic rings. The van der Waals surface area contributed by atoms with E-state index in [4.69, 9.17) is 10.9 Å². The Morgan fingerprint density at radius 3 is 2.76 bits per heavy atom. The molecule has 110 valence electrons. The maximum absolute atomic E-state index is 13.3. The van der Waals surface area contributed by atoms with Crippen LogP contribution >= 0.6 is 15.9 Å². The average molecular weight is 352 g/mol. The van der Waals surface area contributed by atoms with E-state index in [2.05, 4.69) is 26.4 Å². The summed E-state index contributed by atoms with van der Waals surface area (Å²) in [7, 11) is 0. The molecule has 0 aromatic heterocycles. The van der Waals surface area contributed by atoms with Crippen LogP contribution in [0.25, 0.3) is 0 Å². The fraction of sp³-hybridized carbons (Fsp3) is 0.133. The number of benzene rings is 2. The van der Waals surface area contributed by atoms with E-state index in [0.717, 1.165) is 21.3 Å². The van der Waals surface area contributed by atoms with E-state index < -0.39 is 5.82 Å². The SMILES string of the molecule is Cc1ccc(NCc2ccc(F)cc2C(N)=NO)cc1Br. The van der Waals surface area contributed by atoms with Gasteiger partial charge in [0.1, 0.15) is 5.82 Å². The summed E-state index contributed by atoms with van der Waals surface area (Å²) in [6.07, 6.45) is 0. The van der Waals surface area contributed by atoms with Crippen LogP contribution in [0.3, 0.4) is 0 Å². The number of rotatable bonds is 4. The van der Waals surface area contributed by atoms with E-state index in [0.29, 0.717) is 12.1 Å². The third-order valence-corrected chi connectivity index (χ3v) is 3.96. The van der Waals surface area contributed by atoms with Crippen molar-refractivity contribution in [3.63, 3.8) is 0 Å². The van der Waals surface area contributed by atoms with Gasteiger partial charge in [0.25, 0.3) is 0 Å². The lowest BCUT2D eigenvalue weighted by Crippen LogP contribution is -2.17. The number of oxime groups is 1. The topological polar surface area (TPSA) is 70.6 Å². The van der Waals surface area contributed by atoms with Gasteiger partial charge in [-0.15, -0.1) is 0 Å². The van der Waals surface area contributed by atoms with E-state index in [1.54, 1.807) is 6.07 Å². The Bertz CT molecular complexity index is 689. The molecule has 0 fully saturated rings. The fourth-order valence-electron chi connectivity index (χ4n) is 1.90. The number of nitrogens with two attached hydrogens (primary N) is 1. The molecule has 6 heteroatoms. The molecule has 0 bridgehead atoms. The normalized spacial score (nSPS) is 11.5. The minimum Gasteiger partial charge on any atom is -0.409 e. The van der Waals surface area contributed by atoms with Crippen LogP contribution in [0.1, 0.15) is 16.7 Å². The second kappa shape index (κ2) is 6.58. The summed E-state index contributed by atoms with van der Waals surface area (Å²) in [5.74, 6) is -0.546. The van der Waals surface area contributed by atoms with Crippen molar-refractivity contribution in [1.82, 2.24) is 0 Å². The molecule has 0 aliphatic heterocycles. The fourth-order valence-corrected chi connectivity index (χ4v) is 2.27. The highest BCUT2D eigenvalue weighted by Gasteiger charge is 2.09. The first-order chi connectivity index (χ1) is 10.0. The number of amidine groups is 1. The van der Waals surface area contributed by atoms with Crippen LogP contribution in [0.4, 0.5) is 10.1 Å². The summed E-state index contributed by atoms with van der Waals surface area (Å²) >= 11 is 3.47. The molecule has 21 heavy (non-hydrogen) atoms. The van der Waals surface area contributed by atoms with Crippen LogP contribution in [0.2, 0.25) is 0 Å². The number of nitrogens with zero attached hydrogens (tertiary/aromatic N) is 1. The highest BCUT2D eigenvalue weighted by atomic mass is 79.9. The minimum atomic E-state index is -0.432. The quantitative estimate of drug-likeness (QED) is 0.341. The Morgan fingerprint density at radius 2 is 2.10 bits per heavy atom. The Kier molecular flexibility index (Phi) is 4.80. The van der Waals surface area contributed by atoms with Crippen molar-refractivity contribution in [1.29, 1.82) is 0 Å². The van der Waals surface area contributed by atoms with Gasteiger partial charge in [0.15, 0.2) is 5.84 Å². The van der Waals surface area contributed by atoms with Crippen molar-refractivity contribution in [3.8, 4) is 0 Å². The second-order valence-electron chi connectivity index (χ2n) is 4.60. The van der Waals surface area contributed by atoms with Gasteiger partial charge < -0.3 is 16.3 Å². The zero-order valence-electron chi connectivity index (χ0n) is 11.4. The Labute approximate surface area is 130 Å². The number of aryl methyl sites for hydroxylation is 1. The number of anilines is 1. The van der Waals surface area contributed by atoms with Gasteiger partial charge in [-0.3, -0.25) is 0 Å². The molecule has 0 heterocycles. The molecular formula is C15H15BrFN3O. The summed E-state index contributed by atoms with van der Waals surface area (Å²) in [5.41, 5.74) is 8.74. The van der Waals surface area contributed by atoms with Gasteiger partial charge in [0.05, 0.1) is 0 Å². The zero-order valence-corrected chi connectivity index (χ0v) is 13.0. The monoisotopic (exact) mass is 351 g/mol. The van der Waals surface area contributed by atoms with Crippen molar-refractivity contribution < 1.29 is 9.60 Å². The summed E-state index contributed by atoms with van der Waals surface area (Å²) in [6.45, 7) is 2.44. The largest absolute Gasteiger partial charge is 0.409 e. The molecule has 4 N–H and O–H groups in total. The van der Waals surface area contributed by atoms with E-state index in [9.17, 15) is 4.39 Å². The van der Waals surface area contributed by atoms with Gasteiger partial charge in [-0.05, 0) is 42.3 Å². The lowest BCUT2D eigenvalue weighted by Gasteiger charge is -2.11. The van der Waals surface area contributed by atoms with Crippen LogP contribution in [0, 0.1) is 12.7 Å². The molecular weight excluding hydrogens is 337 g/mol. The number of hydrogen-bond acceptors (Lipinski definition) is 3. The lowest BCUT2D eigenvalue weighted by atomic mass is 10.1. The number of nitrogens with one attached hydrogen (secondary N) is 1. The van der Waals surface area contributed by atoms with Crippen molar-refractivity contribution in [3.05, 3.63) is 63.4 Å². The van der Waals surface area contributed by atoms with Crippen molar-refractivity contribution in [2.24, 2.45) is 10.9 Å². The summed E-state index contributed by atoms with van der Waals surface area (Å²) < 4.78 is 14.3. The first kappa shape index (κ1) is 15.3. The molecule has 0 amide bonds. The van der Waals surface area contributed by atoms with E-state index in [1.807, 2.05) is 25.1 Å². The molecule has 0 radical (unpaired) electrons. The third-order valence-electron chi connectivity index (χ3n) is 3.11. The smallest absolute Gasteiger partial charge is 0.170 e. The molecule has 0 aliphatic rings. The summed E-state index contributed by atoms with van der Waals surface area (Å²) in [5, 5.41) is 14.9. The predicted molar refractivity (Wildman–Crippen MR) is 85.1 cm³/mol. The van der Waals surface area contributed by atoms with Crippen LogP contribution in [0.5, 0.6) is 0 Å². The van der Waals surface area contributed by atoms with Gasteiger partial charge in [0, 0.05) is 22.3 Å². The van der Waals surface area contributed by atoms with Crippen LogP contribution in [-0.2, 0) is 6.54 Å². The highest BCUT2D eigenvalue weighted by molar-refractivity contribution is 9.10. The van der Waals surface area contributed by atoms with Gasteiger partial charge in [-0.25, -0.2) is 4.39 Å². The Hall–Kier alpha value is -2.08. The highest BCUT2D eigenvalue weighted by Crippen LogP contribution is 2.21. The maximum atomic E-state index is 13.3.